The van der Waals surface area contributed by atoms with Gasteiger partial charge in [0.05, 0.1) is 24.7 Å². The zero-order chi connectivity index (χ0) is 19.1. The van der Waals surface area contributed by atoms with Crippen molar-refractivity contribution in [3.63, 3.8) is 0 Å². The molecule has 2 aromatic heterocycles. The second-order valence-electron chi connectivity index (χ2n) is 5.68. The molecule has 0 unspecified atom stereocenters. The third-order valence-electron chi connectivity index (χ3n) is 3.83. The summed E-state index contributed by atoms with van der Waals surface area (Å²) in [6.07, 6.45) is -3.90. The van der Waals surface area contributed by atoms with E-state index in [1.165, 1.54) is 4.68 Å². The van der Waals surface area contributed by atoms with Crippen molar-refractivity contribution in [1.82, 2.24) is 14.8 Å². The lowest BCUT2D eigenvalue weighted by atomic mass is 10.1. The van der Waals surface area contributed by atoms with Crippen LogP contribution in [-0.2, 0) is 17.5 Å². The van der Waals surface area contributed by atoms with Crippen molar-refractivity contribution < 1.29 is 22.7 Å². The number of pyridine rings is 1. The SMILES string of the molecule is COC(=O)c1nn(Cc2ccc(C)cc2Cl)c2cc(C(F)(F)F)cnc12. The summed E-state index contributed by atoms with van der Waals surface area (Å²) in [5.74, 6) is -0.781. The standard InChI is InChI=1S/C17H13ClF3N3O2/c1-9-3-4-10(12(18)5-9)8-24-13-6-11(17(19,20)21)7-22-14(13)15(23-24)16(25)26-2/h3-7H,8H2,1-2H3. The van der Waals surface area contributed by atoms with Gasteiger partial charge in [-0.25, -0.2) is 4.79 Å². The first-order valence-corrected chi connectivity index (χ1v) is 7.85. The Morgan fingerprint density at radius 3 is 2.65 bits per heavy atom. The number of carbonyl (C=O) groups is 1. The predicted octanol–water partition coefficient (Wildman–Crippen LogP) is 4.25. The zero-order valence-electron chi connectivity index (χ0n) is 13.8. The Morgan fingerprint density at radius 2 is 2.04 bits per heavy atom. The van der Waals surface area contributed by atoms with Gasteiger partial charge in [-0.1, -0.05) is 23.7 Å². The van der Waals surface area contributed by atoms with Gasteiger partial charge in [0.25, 0.3) is 0 Å². The summed E-state index contributed by atoms with van der Waals surface area (Å²) in [6.45, 7) is 1.95. The van der Waals surface area contributed by atoms with E-state index < -0.39 is 17.7 Å². The number of hydrogen-bond donors (Lipinski definition) is 0. The number of aromatic nitrogens is 3. The molecule has 0 fully saturated rings. The summed E-state index contributed by atoms with van der Waals surface area (Å²) < 4.78 is 45.0. The molecule has 0 amide bonds. The van der Waals surface area contributed by atoms with Crippen molar-refractivity contribution in [3.8, 4) is 0 Å². The number of methoxy groups -OCH3 is 1. The molecule has 3 aromatic rings. The summed E-state index contributed by atoms with van der Waals surface area (Å²) in [5, 5.41) is 4.55. The van der Waals surface area contributed by atoms with Crippen LogP contribution >= 0.6 is 11.6 Å². The molecular weight excluding hydrogens is 371 g/mol. The maximum absolute atomic E-state index is 13.0. The molecular formula is C17H13ClF3N3O2. The number of fused-ring (bicyclic) bond motifs is 1. The van der Waals surface area contributed by atoms with E-state index in [1.807, 2.05) is 13.0 Å². The molecule has 0 N–H and O–H groups in total. The Labute approximate surface area is 151 Å². The summed E-state index contributed by atoms with van der Waals surface area (Å²) in [6, 6.07) is 6.23. The van der Waals surface area contributed by atoms with Crippen molar-refractivity contribution in [3.05, 3.63) is 57.9 Å². The number of nitrogens with zero attached hydrogens (tertiary/aromatic N) is 3. The second kappa shape index (κ2) is 6.60. The lowest BCUT2D eigenvalue weighted by Gasteiger charge is -2.09. The predicted molar refractivity (Wildman–Crippen MR) is 89.2 cm³/mol. The van der Waals surface area contributed by atoms with Gasteiger partial charge < -0.3 is 4.74 Å². The highest BCUT2D eigenvalue weighted by Gasteiger charge is 2.32. The molecule has 0 spiro atoms. The lowest BCUT2D eigenvalue weighted by molar-refractivity contribution is -0.137. The molecule has 0 aliphatic heterocycles. The van der Waals surface area contributed by atoms with Crippen LogP contribution in [0.3, 0.4) is 0 Å². The summed E-state index contributed by atoms with van der Waals surface area (Å²) in [7, 11) is 1.16. The Balaban J connectivity index is 2.17. The van der Waals surface area contributed by atoms with Crippen molar-refractivity contribution in [1.29, 1.82) is 0 Å². The van der Waals surface area contributed by atoms with Crippen LogP contribution in [0.2, 0.25) is 5.02 Å². The molecule has 3 rings (SSSR count). The molecule has 0 saturated heterocycles. The fourth-order valence-corrected chi connectivity index (χ4v) is 2.80. The van der Waals surface area contributed by atoms with Gasteiger partial charge in [0, 0.05) is 11.2 Å². The largest absolute Gasteiger partial charge is 0.464 e. The maximum atomic E-state index is 13.0. The molecule has 136 valence electrons. The van der Waals surface area contributed by atoms with Crippen LogP contribution in [0.25, 0.3) is 11.0 Å². The van der Waals surface area contributed by atoms with Crippen LogP contribution < -0.4 is 0 Å². The summed E-state index contributed by atoms with van der Waals surface area (Å²) in [4.78, 5) is 15.7. The lowest BCUT2D eigenvalue weighted by Crippen LogP contribution is -2.07. The van der Waals surface area contributed by atoms with Crippen LogP contribution in [0.1, 0.15) is 27.2 Å². The number of rotatable bonds is 3. The molecule has 5 nitrogen and oxygen atoms in total. The Kier molecular flexibility index (Phi) is 4.62. The highest BCUT2D eigenvalue weighted by Crippen LogP contribution is 2.31. The van der Waals surface area contributed by atoms with E-state index in [2.05, 4.69) is 14.8 Å². The minimum absolute atomic E-state index is 0.0353. The normalized spacial score (nSPS) is 11.8. The van der Waals surface area contributed by atoms with Crippen molar-refractivity contribution in [2.24, 2.45) is 0 Å². The highest BCUT2D eigenvalue weighted by atomic mass is 35.5. The van der Waals surface area contributed by atoms with Gasteiger partial charge in [0.2, 0.25) is 0 Å². The van der Waals surface area contributed by atoms with Gasteiger partial charge in [-0.3, -0.25) is 9.67 Å². The number of hydrogen-bond acceptors (Lipinski definition) is 4. The molecule has 2 heterocycles. The number of ether oxygens (including phenoxy) is 1. The van der Waals surface area contributed by atoms with Gasteiger partial charge >= 0.3 is 12.1 Å². The van der Waals surface area contributed by atoms with Gasteiger partial charge in [0.15, 0.2) is 5.69 Å². The van der Waals surface area contributed by atoms with Gasteiger partial charge in [0.1, 0.15) is 5.52 Å². The third kappa shape index (κ3) is 3.37. The number of halogens is 4. The molecule has 0 saturated carbocycles. The first kappa shape index (κ1) is 18.2. The van der Waals surface area contributed by atoms with E-state index in [-0.39, 0.29) is 23.3 Å². The zero-order valence-corrected chi connectivity index (χ0v) is 14.5. The Hall–Kier alpha value is -2.61. The molecule has 0 aliphatic carbocycles. The monoisotopic (exact) mass is 383 g/mol. The van der Waals surface area contributed by atoms with Crippen LogP contribution in [0.4, 0.5) is 13.2 Å². The highest BCUT2D eigenvalue weighted by molar-refractivity contribution is 6.31. The number of aryl methyl sites for hydroxylation is 1. The molecule has 0 aliphatic rings. The quantitative estimate of drug-likeness (QED) is 0.634. The molecule has 0 radical (unpaired) electrons. The number of alkyl halides is 3. The molecule has 1 aromatic carbocycles. The molecule has 0 atom stereocenters. The fourth-order valence-electron chi connectivity index (χ4n) is 2.51. The smallest absolute Gasteiger partial charge is 0.417 e. The first-order valence-electron chi connectivity index (χ1n) is 7.48. The van der Waals surface area contributed by atoms with Gasteiger partial charge in [-0.15, -0.1) is 0 Å². The Morgan fingerprint density at radius 1 is 1.31 bits per heavy atom. The van der Waals surface area contributed by atoms with Crippen molar-refractivity contribution in [2.75, 3.05) is 7.11 Å². The molecule has 26 heavy (non-hydrogen) atoms. The maximum Gasteiger partial charge on any atom is 0.417 e. The Bertz CT molecular complexity index is 999. The van der Waals surface area contributed by atoms with Crippen molar-refractivity contribution in [2.45, 2.75) is 19.6 Å². The van der Waals surface area contributed by atoms with Crippen LogP contribution in [0.5, 0.6) is 0 Å². The number of esters is 1. The average molecular weight is 384 g/mol. The van der Waals surface area contributed by atoms with Crippen LogP contribution in [0.15, 0.2) is 30.5 Å². The van der Waals surface area contributed by atoms with E-state index in [9.17, 15) is 18.0 Å². The molecule has 0 bridgehead atoms. The van der Waals surface area contributed by atoms with E-state index in [0.717, 1.165) is 18.7 Å². The van der Waals surface area contributed by atoms with Crippen LogP contribution in [0, 0.1) is 6.92 Å². The first-order chi connectivity index (χ1) is 12.2. The van der Waals surface area contributed by atoms with E-state index in [4.69, 9.17) is 11.6 Å². The third-order valence-corrected chi connectivity index (χ3v) is 4.18. The summed E-state index contributed by atoms with van der Waals surface area (Å²) >= 11 is 6.20. The van der Waals surface area contributed by atoms with E-state index in [0.29, 0.717) is 16.8 Å². The van der Waals surface area contributed by atoms with Crippen molar-refractivity contribution >= 4 is 28.6 Å². The fraction of sp³-hybridized carbons (Fsp3) is 0.235. The minimum Gasteiger partial charge on any atom is -0.464 e. The summed E-state index contributed by atoms with van der Waals surface area (Å²) in [5.41, 5.74) is 0.609. The number of benzene rings is 1. The minimum atomic E-state index is -4.57. The van der Waals surface area contributed by atoms with E-state index in [1.54, 1.807) is 12.1 Å². The van der Waals surface area contributed by atoms with E-state index >= 15 is 0 Å². The van der Waals surface area contributed by atoms with Crippen LogP contribution in [-0.4, -0.2) is 27.8 Å². The van der Waals surface area contributed by atoms with Gasteiger partial charge in [-0.05, 0) is 30.2 Å². The number of carbonyl (C=O) groups excluding carboxylic acids is 1. The second-order valence-corrected chi connectivity index (χ2v) is 6.09. The average Bonchev–Trinajstić information content (AvgIpc) is 2.94. The molecule has 9 heteroatoms. The van der Waals surface area contributed by atoms with Gasteiger partial charge in [-0.2, -0.15) is 18.3 Å². The topological polar surface area (TPSA) is 57.0 Å².